The molecule has 2 atom stereocenters. The van der Waals surface area contributed by atoms with Crippen molar-refractivity contribution in [2.75, 3.05) is 6.54 Å². The molecule has 0 aliphatic rings. The molecule has 0 heterocycles. The average molecular weight is 284 g/mol. The number of halogens is 2. The minimum atomic E-state index is -0.905. The first-order valence-corrected chi connectivity index (χ1v) is 6.88. The van der Waals surface area contributed by atoms with Gasteiger partial charge in [-0.1, -0.05) is 26.3 Å². The molecule has 5 heteroatoms. The van der Waals surface area contributed by atoms with E-state index in [1.807, 2.05) is 20.8 Å². The SMILES string of the molecule is CC[C@H](C)[C@H](N)C(=O)N(CC)Cc1ccc(F)c(F)c1. The molecule has 1 aromatic rings. The van der Waals surface area contributed by atoms with E-state index in [2.05, 4.69) is 0 Å². The zero-order valence-corrected chi connectivity index (χ0v) is 12.2. The lowest BCUT2D eigenvalue weighted by Gasteiger charge is -2.27. The van der Waals surface area contributed by atoms with Crippen molar-refractivity contribution in [1.82, 2.24) is 4.90 Å². The van der Waals surface area contributed by atoms with Crippen LogP contribution in [-0.2, 0) is 11.3 Å². The number of carbonyl (C=O) groups excluding carboxylic acids is 1. The van der Waals surface area contributed by atoms with Crippen molar-refractivity contribution < 1.29 is 13.6 Å². The Morgan fingerprint density at radius 2 is 1.95 bits per heavy atom. The van der Waals surface area contributed by atoms with Crippen LogP contribution in [0.2, 0.25) is 0 Å². The number of nitrogens with two attached hydrogens (primary N) is 1. The topological polar surface area (TPSA) is 46.3 Å². The molecule has 0 saturated carbocycles. The maximum absolute atomic E-state index is 13.2. The van der Waals surface area contributed by atoms with E-state index in [9.17, 15) is 13.6 Å². The summed E-state index contributed by atoms with van der Waals surface area (Å²) in [5, 5.41) is 0. The van der Waals surface area contributed by atoms with Gasteiger partial charge in [-0.25, -0.2) is 8.78 Å². The lowest BCUT2D eigenvalue weighted by atomic mass is 9.98. The molecule has 112 valence electrons. The van der Waals surface area contributed by atoms with Gasteiger partial charge in [-0.15, -0.1) is 0 Å². The highest BCUT2D eigenvalue weighted by Crippen LogP contribution is 2.14. The normalized spacial score (nSPS) is 13.9. The Balaban J connectivity index is 2.80. The second-order valence-electron chi connectivity index (χ2n) is 5.01. The van der Waals surface area contributed by atoms with Crippen molar-refractivity contribution >= 4 is 5.91 Å². The summed E-state index contributed by atoms with van der Waals surface area (Å²) in [6.07, 6.45) is 0.815. The van der Waals surface area contributed by atoms with Gasteiger partial charge in [0, 0.05) is 13.1 Å². The van der Waals surface area contributed by atoms with Crippen molar-refractivity contribution in [2.45, 2.75) is 39.8 Å². The summed E-state index contributed by atoms with van der Waals surface area (Å²) < 4.78 is 26.1. The standard InChI is InChI=1S/C15H22F2N2O/c1-4-10(3)14(18)15(20)19(5-2)9-11-6-7-12(16)13(17)8-11/h6-8,10,14H,4-5,9,18H2,1-3H3/t10-,14-/m0/s1. The van der Waals surface area contributed by atoms with Gasteiger partial charge < -0.3 is 10.6 Å². The van der Waals surface area contributed by atoms with Crippen molar-refractivity contribution in [3.63, 3.8) is 0 Å². The quantitative estimate of drug-likeness (QED) is 0.873. The Hall–Kier alpha value is -1.49. The minimum Gasteiger partial charge on any atom is -0.337 e. The number of likely N-dealkylation sites (N-methyl/N-ethyl adjacent to an activating group) is 1. The van der Waals surface area contributed by atoms with Crippen LogP contribution in [0.25, 0.3) is 0 Å². The third-order valence-electron chi connectivity index (χ3n) is 3.59. The van der Waals surface area contributed by atoms with Gasteiger partial charge in [-0.3, -0.25) is 4.79 Å². The molecule has 0 spiro atoms. The molecule has 0 aliphatic carbocycles. The Morgan fingerprint density at radius 1 is 1.30 bits per heavy atom. The summed E-state index contributed by atoms with van der Waals surface area (Å²) in [6.45, 7) is 6.44. The number of nitrogens with zero attached hydrogens (tertiary/aromatic N) is 1. The minimum absolute atomic E-state index is 0.0847. The van der Waals surface area contributed by atoms with Crippen LogP contribution >= 0.6 is 0 Å². The van der Waals surface area contributed by atoms with Crippen LogP contribution in [0.15, 0.2) is 18.2 Å². The maximum atomic E-state index is 13.2. The average Bonchev–Trinajstić information content (AvgIpc) is 2.45. The Morgan fingerprint density at radius 3 is 2.45 bits per heavy atom. The van der Waals surface area contributed by atoms with Crippen LogP contribution in [0.1, 0.15) is 32.8 Å². The fourth-order valence-corrected chi connectivity index (χ4v) is 1.91. The van der Waals surface area contributed by atoms with E-state index in [0.717, 1.165) is 18.6 Å². The largest absolute Gasteiger partial charge is 0.337 e. The van der Waals surface area contributed by atoms with Crippen LogP contribution in [0.4, 0.5) is 8.78 Å². The molecule has 3 nitrogen and oxygen atoms in total. The molecule has 0 radical (unpaired) electrons. The van der Waals surface area contributed by atoms with Crippen LogP contribution in [0.3, 0.4) is 0 Å². The van der Waals surface area contributed by atoms with E-state index in [-0.39, 0.29) is 18.4 Å². The van der Waals surface area contributed by atoms with Crippen molar-refractivity contribution in [3.05, 3.63) is 35.4 Å². The lowest BCUT2D eigenvalue weighted by Crippen LogP contribution is -2.46. The monoisotopic (exact) mass is 284 g/mol. The number of carbonyl (C=O) groups is 1. The van der Waals surface area contributed by atoms with Gasteiger partial charge in [-0.05, 0) is 30.5 Å². The summed E-state index contributed by atoms with van der Waals surface area (Å²) in [4.78, 5) is 13.8. The third-order valence-corrected chi connectivity index (χ3v) is 3.59. The Bertz CT molecular complexity index is 465. The second-order valence-corrected chi connectivity index (χ2v) is 5.01. The van der Waals surface area contributed by atoms with Crippen molar-refractivity contribution in [3.8, 4) is 0 Å². The number of amides is 1. The lowest BCUT2D eigenvalue weighted by molar-refractivity contribution is -0.134. The Labute approximate surface area is 118 Å². The summed E-state index contributed by atoms with van der Waals surface area (Å²) in [5.41, 5.74) is 6.48. The molecule has 20 heavy (non-hydrogen) atoms. The van der Waals surface area contributed by atoms with Gasteiger partial charge >= 0.3 is 0 Å². The zero-order valence-electron chi connectivity index (χ0n) is 12.2. The van der Waals surface area contributed by atoms with Crippen molar-refractivity contribution in [2.24, 2.45) is 11.7 Å². The van der Waals surface area contributed by atoms with E-state index < -0.39 is 17.7 Å². The summed E-state index contributed by atoms with van der Waals surface area (Å²) in [7, 11) is 0. The van der Waals surface area contributed by atoms with E-state index in [4.69, 9.17) is 5.73 Å². The predicted molar refractivity (Wildman–Crippen MR) is 74.9 cm³/mol. The summed E-state index contributed by atoms with van der Waals surface area (Å²) in [5.74, 6) is -1.87. The zero-order chi connectivity index (χ0) is 15.3. The fraction of sp³-hybridized carbons (Fsp3) is 0.533. The first kappa shape index (κ1) is 16.6. The molecule has 0 saturated heterocycles. The van der Waals surface area contributed by atoms with Gasteiger partial charge in [0.1, 0.15) is 0 Å². The molecule has 1 amide bonds. The molecule has 2 N–H and O–H groups in total. The molecular formula is C15H22F2N2O. The number of rotatable bonds is 6. The van der Waals surface area contributed by atoms with E-state index in [0.29, 0.717) is 12.1 Å². The number of hydrogen-bond donors (Lipinski definition) is 1. The Kier molecular flexibility index (Phi) is 6.07. The highest BCUT2D eigenvalue weighted by Gasteiger charge is 2.24. The maximum Gasteiger partial charge on any atom is 0.240 e. The van der Waals surface area contributed by atoms with Crippen LogP contribution in [0.5, 0.6) is 0 Å². The van der Waals surface area contributed by atoms with Crippen molar-refractivity contribution in [1.29, 1.82) is 0 Å². The fourth-order valence-electron chi connectivity index (χ4n) is 1.91. The number of hydrogen-bond acceptors (Lipinski definition) is 2. The van der Waals surface area contributed by atoms with Gasteiger partial charge in [-0.2, -0.15) is 0 Å². The van der Waals surface area contributed by atoms with Gasteiger partial charge in [0.05, 0.1) is 6.04 Å². The molecule has 0 bridgehead atoms. The van der Waals surface area contributed by atoms with E-state index >= 15 is 0 Å². The first-order valence-electron chi connectivity index (χ1n) is 6.88. The third kappa shape index (κ3) is 4.00. The summed E-state index contributed by atoms with van der Waals surface area (Å²) in [6, 6.07) is 3.09. The molecular weight excluding hydrogens is 262 g/mol. The highest BCUT2D eigenvalue weighted by atomic mass is 19.2. The van der Waals surface area contributed by atoms with Crippen LogP contribution < -0.4 is 5.73 Å². The van der Waals surface area contributed by atoms with Crippen LogP contribution in [0, 0.1) is 17.6 Å². The van der Waals surface area contributed by atoms with Gasteiger partial charge in [0.25, 0.3) is 0 Å². The first-order chi connectivity index (χ1) is 9.40. The highest BCUT2D eigenvalue weighted by molar-refractivity contribution is 5.81. The van der Waals surface area contributed by atoms with Gasteiger partial charge in [0.15, 0.2) is 11.6 Å². The number of benzene rings is 1. The molecule has 1 aromatic carbocycles. The predicted octanol–water partition coefficient (Wildman–Crippen LogP) is 2.69. The van der Waals surface area contributed by atoms with Crippen LogP contribution in [-0.4, -0.2) is 23.4 Å². The summed E-state index contributed by atoms with van der Waals surface area (Å²) >= 11 is 0. The smallest absolute Gasteiger partial charge is 0.240 e. The molecule has 0 fully saturated rings. The van der Waals surface area contributed by atoms with E-state index in [1.165, 1.54) is 6.07 Å². The second kappa shape index (κ2) is 7.33. The molecule has 0 aliphatic heterocycles. The van der Waals surface area contributed by atoms with Gasteiger partial charge in [0.2, 0.25) is 5.91 Å². The molecule has 1 rings (SSSR count). The molecule has 0 unspecified atom stereocenters. The molecule has 0 aromatic heterocycles. The van der Waals surface area contributed by atoms with E-state index in [1.54, 1.807) is 4.90 Å².